The molecule has 0 fully saturated rings. The van der Waals surface area contributed by atoms with E-state index in [2.05, 4.69) is 21.9 Å². The SMILES string of the molecule is CCCCCCCCCCCCOC(=O)C(C)OC(=O)c1ccc(Cl)c(NC(=O)C(C(=O)C(C)(C)C)(N(C(=O)OC(C)(C)c2ccccc2)c2ccc(N(CC)CCNS(C)(=O)=O)cc2C)n2ccnc2)c1. The zero-order valence-electron chi connectivity index (χ0n) is 43.7. The summed E-state index contributed by atoms with van der Waals surface area (Å²) in [6.45, 7) is 16.5. The van der Waals surface area contributed by atoms with Gasteiger partial charge in [-0.3, -0.25) is 14.2 Å². The van der Waals surface area contributed by atoms with Gasteiger partial charge in [0.2, 0.25) is 10.0 Å². The van der Waals surface area contributed by atoms with Gasteiger partial charge in [-0.05, 0) is 88.6 Å². The first kappa shape index (κ1) is 58.8. The van der Waals surface area contributed by atoms with Crippen molar-refractivity contribution in [1.29, 1.82) is 0 Å². The third kappa shape index (κ3) is 16.1. The fraction of sp³-hybridized carbons (Fsp3) is 0.519. The third-order valence-corrected chi connectivity index (χ3v) is 13.3. The second-order valence-electron chi connectivity index (χ2n) is 19.6. The van der Waals surface area contributed by atoms with Crippen molar-refractivity contribution in [2.24, 2.45) is 5.41 Å². The van der Waals surface area contributed by atoms with Crippen molar-refractivity contribution in [2.45, 2.75) is 144 Å². The Bertz CT molecular complexity index is 2550. The molecule has 0 aliphatic rings. The van der Waals surface area contributed by atoms with Crippen LogP contribution in [0.1, 0.15) is 141 Å². The van der Waals surface area contributed by atoms with Crippen LogP contribution in [0.15, 0.2) is 85.5 Å². The van der Waals surface area contributed by atoms with E-state index in [-0.39, 0.29) is 35.1 Å². The van der Waals surface area contributed by atoms with Crippen LogP contribution in [0.5, 0.6) is 0 Å². The molecule has 1 aromatic heterocycles. The van der Waals surface area contributed by atoms with E-state index in [9.17, 15) is 18.0 Å². The second-order valence-corrected chi connectivity index (χ2v) is 21.8. The van der Waals surface area contributed by atoms with Crippen molar-refractivity contribution in [3.05, 3.63) is 107 Å². The van der Waals surface area contributed by atoms with E-state index in [1.54, 1.807) is 84.0 Å². The van der Waals surface area contributed by atoms with E-state index in [1.807, 2.05) is 17.9 Å². The smallest absolute Gasteiger partial charge is 0.417 e. The molecule has 2 unspecified atom stereocenters. The highest BCUT2D eigenvalue weighted by Gasteiger charge is 2.60. The summed E-state index contributed by atoms with van der Waals surface area (Å²) in [5.41, 5.74) is -3.68. The van der Waals surface area contributed by atoms with E-state index < -0.39 is 62.5 Å². The molecule has 0 bridgehead atoms. The maximum Gasteiger partial charge on any atom is 0.417 e. The average molecular weight is 1040 g/mol. The summed E-state index contributed by atoms with van der Waals surface area (Å²) in [5.74, 6) is -3.45. The van der Waals surface area contributed by atoms with E-state index in [4.69, 9.17) is 25.8 Å². The molecule has 0 radical (unpaired) electrons. The number of likely N-dealkylation sites (N-methyl/N-ethyl adjacent to an activating group) is 1. The zero-order chi connectivity index (χ0) is 53.3. The van der Waals surface area contributed by atoms with E-state index in [1.165, 1.54) is 86.9 Å². The summed E-state index contributed by atoms with van der Waals surface area (Å²) >= 11 is 6.75. The van der Waals surface area contributed by atoms with Gasteiger partial charge in [0, 0.05) is 43.1 Å². The van der Waals surface area contributed by atoms with Crippen LogP contribution in [-0.2, 0) is 49.9 Å². The number of aromatic nitrogens is 2. The standard InChI is InChI=1S/C54H75ClN6O10S/c1-11-13-14-15-16-17-18-19-20-24-35-69-47(62)40(4)70-48(63)41-27-29-44(55)45(37-41)58-50(65)54(49(64)52(5,6)7,60-34-31-56-38-60)61(51(66)71-53(8,9)42-25-22-21-23-26-42)46-30-28-43(36-39(46)3)59(12-2)33-32-57-72(10,67)68/h21-23,25-31,34,36-38,40,57H,11-20,24,32-33,35H2,1-10H3,(H,58,65). The highest BCUT2D eigenvalue weighted by Crippen LogP contribution is 2.42. The van der Waals surface area contributed by atoms with Gasteiger partial charge in [0.1, 0.15) is 5.60 Å². The van der Waals surface area contributed by atoms with Crippen LogP contribution in [0.2, 0.25) is 5.02 Å². The molecule has 0 aliphatic carbocycles. The molecule has 0 saturated carbocycles. The number of nitrogens with zero attached hydrogens (tertiary/aromatic N) is 4. The van der Waals surface area contributed by atoms with Gasteiger partial charge in [0.05, 0.1) is 41.2 Å². The van der Waals surface area contributed by atoms with Gasteiger partial charge in [-0.1, -0.05) is 127 Å². The lowest BCUT2D eigenvalue weighted by Crippen LogP contribution is -2.68. The quantitative estimate of drug-likeness (QED) is 0.0237. The number of rotatable bonds is 28. The maximum atomic E-state index is 15.7. The number of aryl methyl sites for hydroxylation is 1. The summed E-state index contributed by atoms with van der Waals surface area (Å²) in [4.78, 5) is 80.4. The van der Waals surface area contributed by atoms with Crippen LogP contribution in [0, 0.1) is 12.3 Å². The van der Waals surface area contributed by atoms with Crippen molar-refractivity contribution in [1.82, 2.24) is 14.3 Å². The predicted molar refractivity (Wildman–Crippen MR) is 283 cm³/mol. The maximum absolute atomic E-state index is 15.7. The molecule has 2 N–H and O–H groups in total. The van der Waals surface area contributed by atoms with Gasteiger partial charge in [0.25, 0.3) is 11.6 Å². The molecule has 0 spiro atoms. The minimum atomic E-state index is -3.46. The molecule has 4 rings (SSSR count). The highest BCUT2D eigenvalue weighted by atomic mass is 35.5. The van der Waals surface area contributed by atoms with E-state index in [0.717, 1.165) is 30.4 Å². The third-order valence-electron chi connectivity index (χ3n) is 12.2. The summed E-state index contributed by atoms with van der Waals surface area (Å²) in [6, 6.07) is 18.0. The molecule has 72 heavy (non-hydrogen) atoms. The molecule has 2 atom stereocenters. The number of ketones is 1. The minimum absolute atomic E-state index is 0.0310. The van der Waals surface area contributed by atoms with Crippen LogP contribution in [-0.4, -0.2) is 86.3 Å². The average Bonchev–Trinajstić information content (AvgIpc) is 3.87. The molecular weight excluding hydrogens is 960 g/mol. The van der Waals surface area contributed by atoms with Gasteiger partial charge in [-0.15, -0.1) is 0 Å². The first-order chi connectivity index (χ1) is 34.0. The van der Waals surface area contributed by atoms with Gasteiger partial charge in [-0.2, -0.15) is 0 Å². The number of halogens is 1. The number of carbonyl (C=O) groups excluding carboxylic acids is 5. The van der Waals surface area contributed by atoms with Crippen molar-refractivity contribution in [2.75, 3.05) is 47.6 Å². The van der Waals surface area contributed by atoms with Crippen molar-refractivity contribution in [3.63, 3.8) is 0 Å². The Morgan fingerprint density at radius 1 is 0.847 bits per heavy atom. The molecular formula is C54H75ClN6O10S. The largest absolute Gasteiger partial charge is 0.463 e. The summed E-state index contributed by atoms with van der Waals surface area (Å²) in [6.07, 6.45) is 14.0. The Hall–Kier alpha value is -5.78. The number of imidazole rings is 1. The Balaban J connectivity index is 1.74. The topological polar surface area (TPSA) is 196 Å². The number of carbonyl (C=O) groups is 5. The minimum Gasteiger partial charge on any atom is -0.463 e. The number of hydrogen-bond acceptors (Lipinski definition) is 12. The van der Waals surface area contributed by atoms with Crippen LogP contribution in [0.3, 0.4) is 0 Å². The van der Waals surface area contributed by atoms with Gasteiger partial charge < -0.3 is 24.4 Å². The molecule has 16 nitrogen and oxygen atoms in total. The lowest BCUT2D eigenvalue weighted by Gasteiger charge is -2.45. The molecule has 18 heteroatoms. The van der Waals surface area contributed by atoms with E-state index >= 15 is 14.4 Å². The number of sulfonamides is 1. The van der Waals surface area contributed by atoms with Crippen LogP contribution < -0.4 is 19.8 Å². The van der Waals surface area contributed by atoms with Gasteiger partial charge in [-0.25, -0.2) is 37.4 Å². The number of anilines is 3. The Kier molecular flexibility index (Phi) is 21.9. The number of esters is 2. The normalized spacial score (nSPS) is 13.1. The fourth-order valence-electron chi connectivity index (χ4n) is 8.23. The molecule has 394 valence electrons. The number of hydrogen-bond donors (Lipinski definition) is 2. The Morgan fingerprint density at radius 2 is 1.49 bits per heavy atom. The lowest BCUT2D eigenvalue weighted by molar-refractivity contribution is -0.153. The molecule has 2 amide bonds. The summed E-state index contributed by atoms with van der Waals surface area (Å²) in [7, 11) is -3.46. The number of nitrogens with one attached hydrogen (secondary N) is 2. The molecule has 0 aliphatic heterocycles. The highest BCUT2D eigenvalue weighted by molar-refractivity contribution is 7.88. The first-order valence-electron chi connectivity index (χ1n) is 24.9. The van der Waals surface area contributed by atoms with Gasteiger partial charge >= 0.3 is 18.0 Å². The van der Waals surface area contributed by atoms with E-state index in [0.29, 0.717) is 36.3 Å². The van der Waals surface area contributed by atoms with Crippen molar-refractivity contribution < 1.29 is 46.6 Å². The predicted octanol–water partition coefficient (Wildman–Crippen LogP) is 10.7. The number of unbranched alkanes of at least 4 members (excludes halogenated alkanes) is 9. The summed E-state index contributed by atoms with van der Waals surface area (Å²) < 4.78 is 44.8. The van der Waals surface area contributed by atoms with Crippen molar-refractivity contribution in [3.8, 4) is 0 Å². The number of Topliss-reactive ketones (excluding diaryl/α,β-unsaturated/α-hetero) is 1. The molecule has 1 heterocycles. The van der Waals surface area contributed by atoms with Crippen LogP contribution >= 0.6 is 11.6 Å². The zero-order valence-corrected chi connectivity index (χ0v) is 45.3. The van der Waals surface area contributed by atoms with Crippen molar-refractivity contribution >= 4 is 68.4 Å². The lowest BCUT2D eigenvalue weighted by atomic mass is 9.80. The first-order valence-corrected chi connectivity index (χ1v) is 27.2. The summed E-state index contributed by atoms with van der Waals surface area (Å²) in [5, 5.41) is 2.74. The monoisotopic (exact) mass is 1030 g/mol. The Labute approximate surface area is 431 Å². The Morgan fingerprint density at radius 3 is 2.06 bits per heavy atom. The number of ether oxygens (including phenoxy) is 3. The fourth-order valence-corrected chi connectivity index (χ4v) is 8.86. The number of benzene rings is 3. The second kappa shape index (κ2) is 26.8. The number of amides is 2. The van der Waals surface area contributed by atoms with Crippen LogP contribution in [0.25, 0.3) is 0 Å². The molecule has 4 aromatic rings. The molecule has 0 saturated heterocycles. The van der Waals surface area contributed by atoms with Gasteiger partial charge in [0.15, 0.2) is 11.9 Å². The van der Waals surface area contributed by atoms with Crippen LogP contribution in [0.4, 0.5) is 21.9 Å². The molecule has 3 aromatic carbocycles.